The number of benzene rings is 3. The first-order chi connectivity index (χ1) is 16.0. The fraction of sp³-hybridized carbons (Fsp3) is 0.160. The Morgan fingerprint density at radius 1 is 0.970 bits per heavy atom. The van der Waals surface area contributed by atoms with Crippen LogP contribution in [0.25, 0.3) is 11.0 Å². The van der Waals surface area contributed by atoms with Crippen LogP contribution in [0.2, 0.25) is 5.02 Å². The molecular weight excluding hydrogens is 504 g/mol. The number of aryl methyl sites for hydroxylation is 1. The summed E-state index contributed by atoms with van der Waals surface area (Å²) in [6, 6.07) is 22.0. The molecule has 1 aromatic heterocycles. The van der Waals surface area contributed by atoms with Gasteiger partial charge in [0.25, 0.3) is 5.91 Å². The van der Waals surface area contributed by atoms with Crippen LogP contribution in [0.4, 0.5) is 5.69 Å². The Labute approximate surface area is 205 Å². The number of carbonyl (C=O) groups is 2. The van der Waals surface area contributed by atoms with Gasteiger partial charge in [0, 0.05) is 33.7 Å². The maximum atomic E-state index is 12.7. The minimum atomic E-state index is -0.144. The zero-order valence-electron chi connectivity index (χ0n) is 17.7. The van der Waals surface area contributed by atoms with E-state index >= 15 is 0 Å². The molecule has 0 fully saturated rings. The largest absolute Gasteiger partial charge is 0.352 e. The maximum Gasteiger partial charge on any atom is 0.251 e. The fourth-order valence-electron chi connectivity index (χ4n) is 3.52. The van der Waals surface area contributed by atoms with Crippen molar-refractivity contribution in [2.75, 3.05) is 11.9 Å². The fourth-order valence-corrected chi connectivity index (χ4v) is 3.91. The van der Waals surface area contributed by atoms with Crippen LogP contribution in [-0.4, -0.2) is 27.9 Å². The molecule has 0 radical (unpaired) electrons. The summed E-state index contributed by atoms with van der Waals surface area (Å²) >= 11 is 9.27. The van der Waals surface area contributed by atoms with Gasteiger partial charge in [-0.05, 0) is 67.1 Å². The lowest BCUT2D eigenvalue weighted by molar-refractivity contribution is -0.116. The Kier molecular flexibility index (Phi) is 7.42. The number of nitrogens with one attached hydrogen (secondary N) is 2. The van der Waals surface area contributed by atoms with Crippen molar-refractivity contribution in [1.29, 1.82) is 0 Å². The highest BCUT2D eigenvalue weighted by Crippen LogP contribution is 2.18. The third kappa shape index (κ3) is 6.00. The molecule has 0 saturated carbocycles. The molecule has 0 saturated heterocycles. The van der Waals surface area contributed by atoms with Crippen LogP contribution in [0.3, 0.4) is 0 Å². The van der Waals surface area contributed by atoms with Crippen molar-refractivity contribution in [3.8, 4) is 0 Å². The number of amides is 2. The second-order valence-electron chi connectivity index (χ2n) is 7.52. The Morgan fingerprint density at radius 3 is 2.45 bits per heavy atom. The lowest BCUT2D eigenvalue weighted by atomic mass is 10.2. The molecule has 4 aromatic rings. The van der Waals surface area contributed by atoms with Gasteiger partial charge in [0.05, 0.1) is 11.0 Å². The van der Waals surface area contributed by atoms with Crippen LogP contribution in [0.1, 0.15) is 22.6 Å². The standard InChI is InChI=1S/C25H22BrClN4O2/c26-18-9-13-20(14-10-18)29-24(32)16-31-22-5-2-1-4-21(22)30-23(31)6-3-15-28-25(33)17-7-11-19(27)12-8-17/h1-2,4-5,7-14H,3,6,15-16H2,(H,28,33)(H,29,32). The summed E-state index contributed by atoms with van der Waals surface area (Å²) in [6.45, 7) is 0.652. The van der Waals surface area contributed by atoms with Gasteiger partial charge in [-0.2, -0.15) is 0 Å². The summed E-state index contributed by atoms with van der Waals surface area (Å²) in [5.74, 6) is 0.537. The average molecular weight is 526 g/mol. The third-order valence-electron chi connectivity index (χ3n) is 5.13. The summed E-state index contributed by atoms with van der Waals surface area (Å²) in [6.07, 6.45) is 1.32. The van der Waals surface area contributed by atoms with Gasteiger partial charge in [0.15, 0.2) is 0 Å². The van der Waals surface area contributed by atoms with Crippen LogP contribution in [0.5, 0.6) is 0 Å². The predicted octanol–water partition coefficient (Wildman–Crippen LogP) is 5.45. The van der Waals surface area contributed by atoms with Crippen LogP contribution in [0, 0.1) is 0 Å². The monoisotopic (exact) mass is 524 g/mol. The number of hydrogen-bond donors (Lipinski definition) is 2. The number of halogens is 2. The Balaban J connectivity index is 1.40. The topological polar surface area (TPSA) is 76.0 Å². The molecule has 8 heteroatoms. The molecule has 0 aliphatic carbocycles. The van der Waals surface area contributed by atoms with E-state index in [0.717, 1.165) is 27.0 Å². The van der Waals surface area contributed by atoms with Crippen molar-refractivity contribution < 1.29 is 9.59 Å². The van der Waals surface area contributed by atoms with Crippen molar-refractivity contribution in [1.82, 2.24) is 14.9 Å². The molecule has 33 heavy (non-hydrogen) atoms. The lowest BCUT2D eigenvalue weighted by Gasteiger charge is -2.11. The molecule has 0 atom stereocenters. The van der Waals surface area contributed by atoms with E-state index in [1.165, 1.54) is 0 Å². The van der Waals surface area contributed by atoms with Gasteiger partial charge in [-0.1, -0.05) is 39.7 Å². The number of carbonyl (C=O) groups excluding carboxylic acids is 2. The first kappa shape index (κ1) is 23.0. The van der Waals surface area contributed by atoms with Crippen molar-refractivity contribution in [3.63, 3.8) is 0 Å². The molecule has 2 amide bonds. The highest BCUT2D eigenvalue weighted by atomic mass is 79.9. The number of imidazole rings is 1. The Morgan fingerprint density at radius 2 is 1.70 bits per heavy atom. The molecule has 0 aliphatic rings. The van der Waals surface area contributed by atoms with Crippen molar-refractivity contribution in [2.24, 2.45) is 0 Å². The van der Waals surface area contributed by atoms with E-state index in [1.807, 2.05) is 53.1 Å². The zero-order chi connectivity index (χ0) is 23.2. The van der Waals surface area contributed by atoms with E-state index in [0.29, 0.717) is 30.0 Å². The smallest absolute Gasteiger partial charge is 0.251 e. The van der Waals surface area contributed by atoms with E-state index in [4.69, 9.17) is 16.6 Å². The van der Waals surface area contributed by atoms with Gasteiger partial charge in [0.2, 0.25) is 5.91 Å². The molecule has 168 valence electrons. The maximum absolute atomic E-state index is 12.7. The van der Waals surface area contributed by atoms with Gasteiger partial charge < -0.3 is 15.2 Å². The molecule has 4 rings (SSSR count). The quantitative estimate of drug-likeness (QED) is 0.300. The molecule has 6 nitrogen and oxygen atoms in total. The molecule has 1 heterocycles. The predicted molar refractivity (Wildman–Crippen MR) is 135 cm³/mol. The van der Waals surface area contributed by atoms with Crippen molar-refractivity contribution >= 4 is 56.1 Å². The summed E-state index contributed by atoms with van der Waals surface area (Å²) < 4.78 is 2.89. The van der Waals surface area contributed by atoms with Gasteiger partial charge in [-0.15, -0.1) is 0 Å². The summed E-state index contributed by atoms with van der Waals surface area (Å²) in [5.41, 5.74) is 3.05. The molecule has 0 aliphatic heterocycles. The number of rotatable bonds is 8. The number of hydrogen-bond acceptors (Lipinski definition) is 3. The second-order valence-corrected chi connectivity index (χ2v) is 8.88. The van der Waals surface area contributed by atoms with E-state index in [2.05, 4.69) is 26.6 Å². The first-order valence-corrected chi connectivity index (χ1v) is 11.7. The van der Waals surface area contributed by atoms with Gasteiger partial charge >= 0.3 is 0 Å². The van der Waals surface area contributed by atoms with Crippen LogP contribution < -0.4 is 10.6 Å². The van der Waals surface area contributed by atoms with Gasteiger partial charge in [-0.25, -0.2) is 4.98 Å². The average Bonchev–Trinajstić information content (AvgIpc) is 3.15. The molecule has 0 spiro atoms. The van der Waals surface area contributed by atoms with Crippen molar-refractivity contribution in [3.05, 3.63) is 93.7 Å². The van der Waals surface area contributed by atoms with Crippen LogP contribution >= 0.6 is 27.5 Å². The Bertz CT molecular complexity index is 1270. The van der Waals surface area contributed by atoms with Crippen molar-refractivity contribution in [2.45, 2.75) is 19.4 Å². The minimum absolute atomic E-state index is 0.127. The van der Waals surface area contributed by atoms with Crippen LogP contribution in [-0.2, 0) is 17.8 Å². The minimum Gasteiger partial charge on any atom is -0.352 e. The van der Waals surface area contributed by atoms with Crippen LogP contribution in [0.15, 0.2) is 77.3 Å². The summed E-state index contributed by atoms with van der Waals surface area (Å²) in [7, 11) is 0. The summed E-state index contributed by atoms with van der Waals surface area (Å²) in [4.78, 5) is 29.7. The molecular formula is C25H22BrClN4O2. The third-order valence-corrected chi connectivity index (χ3v) is 5.91. The molecule has 2 N–H and O–H groups in total. The van der Waals surface area contributed by atoms with E-state index in [1.54, 1.807) is 24.3 Å². The number of para-hydroxylation sites is 2. The summed E-state index contributed by atoms with van der Waals surface area (Å²) in [5, 5.41) is 6.44. The van der Waals surface area contributed by atoms with Gasteiger partial charge in [-0.3, -0.25) is 9.59 Å². The number of anilines is 1. The highest BCUT2D eigenvalue weighted by molar-refractivity contribution is 9.10. The Hall–Kier alpha value is -3.16. The highest BCUT2D eigenvalue weighted by Gasteiger charge is 2.14. The second kappa shape index (κ2) is 10.6. The van der Waals surface area contributed by atoms with E-state index in [-0.39, 0.29) is 18.4 Å². The van der Waals surface area contributed by atoms with E-state index in [9.17, 15) is 9.59 Å². The number of fused-ring (bicyclic) bond motifs is 1. The zero-order valence-corrected chi connectivity index (χ0v) is 20.1. The molecule has 0 bridgehead atoms. The lowest BCUT2D eigenvalue weighted by Crippen LogP contribution is -2.25. The van der Waals surface area contributed by atoms with E-state index < -0.39 is 0 Å². The molecule has 0 unspecified atom stereocenters. The van der Waals surface area contributed by atoms with Gasteiger partial charge in [0.1, 0.15) is 12.4 Å². The number of aromatic nitrogens is 2. The number of nitrogens with zero attached hydrogens (tertiary/aromatic N) is 2. The normalized spacial score (nSPS) is 10.8. The first-order valence-electron chi connectivity index (χ1n) is 10.5. The SMILES string of the molecule is O=C(Cn1c(CCCNC(=O)c2ccc(Cl)cc2)nc2ccccc21)Nc1ccc(Br)cc1. The molecule has 3 aromatic carbocycles.